The smallest absolute Gasteiger partial charge is 0.273 e. The molecule has 1 aliphatic carbocycles. The maximum absolute atomic E-state index is 13.3. The number of amides is 3. The van der Waals surface area contributed by atoms with E-state index < -0.39 is 11.4 Å². The summed E-state index contributed by atoms with van der Waals surface area (Å²) in [6, 6.07) is 7.45. The lowest BCUT2D eigenvalue weighted by atomic mass is 9.94. The minimum Gasteiger partial charge on any atom is -0.351 e. The van der Waals surface area contributed by atoms with Crippen molar-refractivity contribution in [3.05, 3.63) is 53.1 Å². The molecule has 33 heavy (non-hydrogen) atoms. The van der Waals surface area contributed by atoms with Crippen LogP contribution in [0.4, 0.5) is 4.39 Å². The second-order valence-corrected chi connectivity index (χ2v) is 9.07. The third-order valence-electron chi connectivity index (χ3n) is 6.52. The van der Waals surface area contributed by atoms with E-state index in [0.717, 1.165) is 31.2 Å². The molecular weight excluding hydrogens is 425 g/mol. The Hall–Kier alpha value is -3.23. The molecule has 1 atom stereocenters. The van der Waals surface area contributed by atoms with Crippen molar-refractivity contribution in [2.75, 3.05) is 6.54 Å². The van der Waals surface area contributed by atoms with Gasteiger partial charge in [-0.2, -0.15) is 5.10 Å². The van der Waals surface area contributed by atoms with Gasteiger partial charge < -0.3 is 15.5 Å². The minimum atomic E-state index is -1.09. The van der Waals surface area contributed by atoms with E-state index >= 15 is 0 Å². The van der Waals surface area contributed by atoms with Crippen molar-refractivity contribution in [3.8, 4) is 0 Å². The standard InChI is InChI=1S/C24H30FN5O3/c1-3-12-29-22(32)20-13-19(21(31)26-14-16-8-10-17(25)11-9-16)28-30(20)15-24(29,2)23(33)27-18-6-4-5-7-18/h8-11,13,18H,3-7,12,14-15H2,1-2H3,(H,26,31)(H,27,33)/t24-/m1/s1. The summed E-state index contributed by atoms with van der Waals surface area (Å²) in [6.07, 6.45) is 4.80. The highest BCUT2D eigenvalue weighted by molar-refractivity contribution is 6.01. The molecule has 0 spiro atoms. The lowest BCUT2D eigenvalue weighted by Gasteiger charge is -2.43. The van der Waals surface area contributed by atoms with Crippen molar-refractivity contribution in [1.29, 1.82) is 0 Å². The molecule has 176 valence electrons. The number of aromatic nitrogens is 2. The average molecular weight is 456 g/mol. The number of carbonyl (C=O) groups excluding carboxylic acids is 3. The van der Waals surface area contributed by atoms with Crippen LogP contribution in [0.3, 0.4) is 0 Å². The van der Waals surface area contributed by atoms with E-state index in [2.05, 4.69) is 15.7 Å². The van der Waals surface area contributed by atoms with E-state index in [1.165, 1.54) is 22.9 Å². The van der Waals surface area contributed by atoms with Crippen LogP contribution in [0.5, 0.6) is 0 Å². The molecule has 1 fully saturated rings. The van der Waals surface area contributed by atoms with Crippen LogP contribution in [-0.4, -0.2) is 50.5 Å². The van der Waals surface area contributed by atoms with E-state index in [1.54, 1.807) is 24.0 Å². The second-order valence-electron chi connectivity index (χ2n) is 9.07. The summed E-state index contributed by atoms with van der Waals surface area (Å²) >= 11 is 0. The van der Waals surface area contributed by atoms with E-state index in [0.29, 0.717) is 18.7 Å². The van der Waals surface area contributed by atoms with Crippen LogP contribution in [0.25, 0.3) is 0 Å². The number of rotatable bonds is 7. The van der Waals surface area contributed by atoms with Gasteiger partial charge in [-0.05, 0) is 43.9 Å². The molecule has 0 saturated heterocycles. The number of nitrogens with one attached hydrogen (secondary N) is 2. The number of halogens is 1. The first kappa shape index (κ1) is 22.9. The lowest BCUT2D eigenvalue weighted by Crippen LogP contribution is -2.65. The third kappa shape index (κ3) is 4.62. The molecular formula is C24H30FN5O3. The zero-order valence-electron chi connectivity index (χ0n) is 19.1. The first-order valence-corrected chi connectivity index (χ1v) is 11.5. The van der Waals surface area contributed by atoms with Crippen LogP contribution in [0.1, 0.15) is 72.5 Å². The molecule has 0 bridgehead atoms. The molecule has 2 aromatic rings. The van der Waals surface area contributed by atoms with Crippen LogP contribution >= 0.6 is 0 Å². The number of hydrogen-bond donors (Lipinski definition) is 2. The van der Waals surface area contributed by atoms with Crippen LogP contribution < -0.4 is 10.6 Å². The van der Waals surface area contributed by atoms with Gasteiger partial charge in [0.2, 0.25) is 5.91 Å². The van der Waals surface area contributed by atoms with Crippen molar-refractivity contribution in [2.45, 2.75) is 70.6 Å². The Balaban J connectivity index is 1.53. The summed E-state index contributed by atoms with van der Waals surface area (Å²) in [5.41, 5.74) is 0.0604. The van der Waals surface area contributed by atoms with Gasteiger partial charge in [0.05, 0.1) is 6.54 Å². The van der Waals surface area contributed by atoms with Gasteiger partial charge in [0.1, 0.15) is 17.1 Å². The first-order chi connectivity index (χ1) is 15.8. The summed E-state index contributed by atoms with van der Waals surface area (Å²) in [6.45, 7) is 4.55. The van der Waals surface area contributed by atoms with E-state index in [4.69, 9.17) is 0 Å². The Morgan fingerprint density at radius 2 is 1.91 bits per heavy atom. The molecule has 2 aliphatic rings. The van der Waals surface area contributed by atoms with Crippen LogP contribution in [-0.2, 0) is 17.9 Å². The fourth-order valence-electron chi connectivity index (χ4n) is 4.61. The van der Waals surface area contributed by atoms with Crippen molar-refractivity contribution < 1.29 is 18.8 Å². The highest BCUT2D eigenvalue weighted by atomic mass is 19.1. The predicted octanol–water partition coefficient (Wildman–Crippen LogP) is 2.64. The van der Waals surface area contributed by atoms with Crippen LogP contribution in [0.2, 0.25) is 0 Å². The summed E-state index contributed by atoms with van der Waals surface area (Å²) in [5, 5.41) is 10.2. The maximum Gasteiger partial charge on any atom is 0.273 e. The number of benzene rings is 1. The van der Waals surface area contributed by atoms with Gasteiger partial charge in [-0.15, -0.1) is 0 Å². The molecule has 2 N–H and O–H groups in total. The molecule has 3 amide bonds. The summed E-state index contributed by atoms with van der Waals surface area (Å²) < 4.78 is 14.5. The Kier molecular flexibility index (Phi) is 6.49. The molecule has 8 nitrogen and oxygen atoms in total. The average Bonchev–Trinajstić information content (AvgIpc) is 3.46. The SMILES string of the molecule is CCCN1C(=O)c2cc(C(=O)NCc3ccc(F)cc3)nn2C[C@]1(C)C(=O)NC1CCCC1. The molecule has 1 aromatic carbocycles. The molecule has 9 heteroatoms. The monoisotopic (exact) mass is 455 g/mol. The fourth-order valence-corrected chi connectivity index (χ4v) is 4.61. The molecule has 1 aromatic heterocycles. The lowest BCUT2D eigenvalue weighted by molar-refractivity contribution is -0.133. The van der Waals surface area contributed by atoms with Gasteiger partial charge in [0.25, 0.3) is 11.8 Å². The van der Waals surface area contributed by atoms with Gasteiger partial charge in [0, 0.05) is 25.2 Å². The molecule has 4 rings (SSSR count). The van der Waals surface area contributed by atoms with Gasteiger partial charge in [-0.3, -0.25) is 19.1 Å². The Labute approximate surface area is 192 Å². The molecule has 0 unspecified atom stereocenters. The summed E-state index contributed by atoms with van der Waals surface area (Å²) in [5.74, 6) is -1.27. The Morgan fingerprint density at radius 3 is 2.58 bits per heavy atom. The highest BCUT2D eigenvalue weighted by Crippen LogP contribution is 2.29. The molecule has 1 aliphatic heterocycles. The predicted molar refractivity (Wildman–Crippen MR) is 120 cm³/mol. The number of fused-ring (bicyclic) bond motifs is 1. The largest absolute Gasteiger partial charge is 0.351 e. The second kappa shape index (κ2) is 9.33. The van der Waals surface area contributed by atoms with E-state index in [1.807, 2.05) is 6.92 Å². The normalized spacial score (nSPS) is 20.6. The van der Waals surface area contributed by atoms with E-state index in [9.17, 15) is 18.8 Å². The van der Waals surface area contributed by atoms with Crippen LogP contribution in [0.15, 0.2) is 30.3 Å². The van der Waals surface area contributed by atoms with Gasteiger partial charge in [-0.25, -0.2) is 4.39 Å². The number of hydrogen-bond acceptors (Lipinski definition) is 4. The zero-order valence-corrected chi connectivity index (χ0v) is 19.1. The highest BCUT2D eigenvalue weighted by Gasteiger charge is 2.48. The third-order valence-corrected chi connectivity index (χ3v) is 6.52. The van der Waals surface area contributed by atoms with Crippen LogP contribution in [0, 0.1) is 5.82 Å². The number of carbonyl (C=O) groups is 3. The maximum atomic E-state index is 13.3. The summed E-state index contributed by atoms with van der Waals surface area (Å²) in [7, 11) is 0. The van der Waals surface area contributed by atoms with Gasteiger partial charge in [0.15, 0.2) is 5.69 Å². The molecule has 1 saturated carbocycles. The van der Waals surface area contributed by atoms with Gasteiger partial charge in [-0.1, -0.05) is 31.9 Å². The first-order valence-electron chi connectivity index (χ1n) is 11.5. The quantitative estimate of drug-likeness (QED) is 0.671. The summed E-state index contributed by atoms with van der Waals surface area (Å²) in [4.78, 5) is 40.9. The Morgan fingerprint density at radius 1 is 1.21 bits per heavy atom. The van der Waals surface area contributed by atoms with Crippen molar-refractivity contribution in [1.82, 2.24) is 25.3 Å². The fraction of sp³-hybridized carbons (Fsp3) is 0.500. The molecule has 0 radical (unpaired) electrons. The van der Waals surface area contributed by atoms with E-state index in [-0.39, 0.29) is 42.5 Å². The topological polar surface area (TPSA) is 96.3 Å². The molecule has 2 heterocycles. The van der Waals surface area contributed by atoms with Crippen molar-refractivity contribution in [3.63, 3.8) is 0 Å². The minimum absolute atomic E-state index is 0.109. The van der Waals surface area contributed by atoms with Crippen molar-refractivity contribution in [2.24, 2.45) is 0 Å². The van der Waals surface area contributed by atoms with Crippen molar-refractivity contribution >= 4 is 17.7 Å². The number of nitrogens with zero attached hydrogens (tertiary/aromatic N) is 3. The zero-order chi connectivity index (χ0) is 23.6. The Bertz CT molecular complexity index is 1040. The van der Waals surface area contributed by atoms with Gasteiger partial charge >= 0.3 is 0 Å².